The van der Waals surface area contributed by atoms with Gasteiger partial charge in [0, 0.05) is 18.7 Å². The third-order valence-electron chi connectivity index (χ3n) is 4.12. The second-order valence-corrected chi connectivity index (χ2v) is 8.05. The summed E-state index contributed by atoms with van der Waals surface area (Å²) in [5, 5.41) is 9.19. The van der Waals surface area contributed by atoms with Crippen molar-refractivity contribution >= 4 is 21.7 Å². The number of nitrogens with zero attached hydrogens (tertiary/aromatic N) is 1. The summed E-state index contributed by atoms with van der Waals surface area (Å²) in [7, 11) is -3.29. The van der Waals surface area contributed by atoms with Gasteiger partial charge in [0.25, 0.3) is 5.91 Å². The lowest BCUT2D eigenvalue weighted by atomic mass is 9.90. The standard InChI is InChI=1S/C15H19NO5S/c1-3-22(20,21)12-6-4-11(5-7-12)13(17)16-9-8-15(2,10-16)14(18)19/h4-7H,3,8-10H2,1-2H3,(H,18,19)/t15-/m1/s1. The van der Waals surface area contributed by atoms with Crippen LogP contribution < -0.4 is 0 Å². The van der Waals surface area contributed by atoms with E-state index in [2.05, 4.69) is 0 Å². The summed E-state index contributed by atoms with van der Waals surface area (Å²) in [6, 6.07) is 5.78. The van der Waals surface area contributed by atoms with Crippen molar-refractivity contribution in [3.8, 4) is 0 Å². The van der Waals surface area contributed by atoms with E-state index in [0.717, 1.165) is 0 Å². The summed E-state index contributed by atoms with van der Waals surface area (Å²) in [4.78, 5) is 25.3. The Morgan fingerprint density at radius 1 is 1.27 bits per heavy atom. The number of carbonyl (C=O) groups is 2. The van der Waals surface area contributed by atoms with Crippen molar-refractivity contribution in [1.29, 1.82) is 0 Å². The Bertz CT molecular complexity index is 695. The number of hydrogen-bond acceptors (Lipinski definition) is 4. The van der Waals surface area contributed by atoms with Crippen LogP contribution in [-0.2, 0) is 14.6 Å². The van der Waals surface area contributed by atoms with E-state index in [9.17, 15) is 23.1 Å². The third kappa shape index (κ3) is 2.99. The number of benzene rings is 1. The number of sulfone groups is 1. The van der Waals surface area contributed by atoms with Crippen LogP contribution >= 0.6 is 0 Å². The molecule has 0 saturated carbocycles. The summed E-state index contributed by atoms with van der Waals surface area (Å²) in [6.45, 7) is 3.73. The first-order valence-corrected chi connectivity index (χ1v) is 8.70. The van der Waals surface area contributed by atoms with Gasteiger partial charge in [0.1, 0.15) is 0 Å². The Kier molecular flexibility index (Phi) is 4.28. The second-order valence-electron chi connectivity index (χ2n) is 5.77. The van der Waals surface area contributed by atoms with Crippen molar-refractivity contribution in [2.45, 2.75) is 25.2 Å². The second kappa shape index (κ2) is 5.72. The lowest BCUT2D eigenvalue weighted by molar-refractivity contribution is -0.147. The van der Waals surface area contributed by atoms with E-state index in [1.807, 2.05) is 0 Å². The van der Waals surface area contributed by atoms with Crippen LogP contribution in [0.25, 0.3) is 0 Å². The smallest absolute Gasteiger partial charge is 0.311 e. The molecule has 120 valence electrons. The minimum atomic E-state index is -3.29. The summed E-state index contributed by atoms with van der Waals surface area (Å²) in [5.74, 6) is -1.18. The van der Waals surface area contributed by atoms with Crippen LogP contribution in [0.2, 0.25) is 0 Å². The predicted molar refractivity (Wildman–Crippen MR) is 80.4 cm³/mol. The zero-order valence-electron chi connectivity index (χ0n) is 12.6. The molecule has 1 amide bonds. The number of carboxylic acid groups (broad SMARTS) is 1. The van der Waals surface area contributed by atoms with Crippen LogP contribution in [0.15, 0.2) is 29.2 Å². The number of hydrogen-bond donors (Lipinski definition) is 1. The first-order chi connectivity index (χ1) is 10.2. The van der Waals surface area contributed by atoms with E-state index in [0.29, 0.717) is 18.5 Å². The average molecular weight is 325 g/mol. The van der Waals surface area contributed by atoms with Crippen LogP contribution in [0.4, 0.5) is 0 Å². The fourth-order valence-electron chi connectivity index (χ4n) is 2.46. The molecule has 2 rings (SSSR count). The topological polar surface area (TPSA) is 91.8 Å². The molecule has 1 aromatic rings. The van der Waals surface area contributed by atoms with E-state index >= 15 is 0 Å². The molecule has 0 bridgehead atoms. The van der Waals surface area contributed by atoms with Gasteiger partial charge in [0.15, 0.2) is 9.84 Å². The quantitative estimate of drug-likeness (QED) is 0.904. The Morgan fingerprint density at radius 3 is 2.32 bits per heavy atom. The molecule has 22 heavy (non-hydrogen) atoms. The van der Waals surface area contributed by atoms with Gasteiger partial charge in [-0.2, -0.15) is 0 Å². The van der Waals surface area contributed by atoms with Gasteiger partial charge in [-0.05, 0) is 37.6 Å². The largest absolute Gasteiger partial charge is 0.481 e. The SMILES string of the molecule is CCS(=O)(=O)c1ccc(C(=O)N2CC[C@@](C)(C(=O)O)C2)cc1. The lowest BCUT2D eigenvalue weighted by Gasteiger charge is -2.20. The average Bonchev–Trinajstić information content (AvgIpc) is 2.90. The molecule has 1 aliphatic heterocycles. The Balaban J connectivity index is 2.17. The fraction of sp³-hybridized carbons (Fsp3) is 0.467. The van der Waals surface area contributed by atoms with Gasteiger partial charge >= 0.3 is 5.97 Å². The van der Waals surface area contributed by atoms with Gasteiger partial charge in [-0.1, -0.05) is 6.92 Å². The lowest BCUT2D eigenvalue weighted by Crippen LogP contribution is -2.34. The number of carbonyl (C=O) groups excluding carboxylic acids is 1. The Labute approximate surface area is 129 Å². The molecule has 0 spiro atoms. The molecule has 0 aliphatic carbocycles. The van der Waals surface area contributed by atoms with Crippen LogP contribution in [0.3, 0.4) is 0 Å². The van der Waals surface area contributed by atoms with Gasteiger partial charge in [-0.3, -0.25) is 9.59 Å². The number of aliphatic carboxylic acids is 1. The molecule has 0 aromatic heterocycles. The molecule has 6 nitrogen and oxygen atoms in total. The summed E-state index contributed by atoms with van der Waals surface area (Å²) in [6.07, 6.45) is 0.413. The molecular formula is C15H19NO5S. The van der Waals surface area contributed by atoms with Crippen molar-refractivity contribution in [3.63, 3.8) is 0 Å². The zero-order chi connectivity index (χ0) is 16.5. The normalized spacial score (nSPS) is 21.8. The van der Waals surface area contributed by atoms with Gasteiger partial charge < -0.3 is 10.0 Å². The monoisotopic (exact) mass is 325 g/mol. The van der Waals surface area contributed by atoms with Crippen molar-refractivity contribution in [2.24, 2.45) is 5.41 Å². The van der Waals surface area contributed by atoms with Gasteiger partial charge in [0.2, 0.25) is 0 Å². The highest BCUT2D eigenvalue weighted by Crippen LogP contribution is 2.31. The van der Waals surface area contributed by atoms with Gasteiger partial charge in [-0.25, -0.2) is 8.42 Å². The molecule has 1 aliphatic rings. The summed E-state index contributed by atoms with van der Waals surface area (Å²) >= 11 is 0. The summed E-state index contributed by atoms with van der Waals surface area (Å²) in [5.41, 5.74) is -0.550. The molecule has 1 fully saturated rings. The Hall–Kier alpha value is -1.89. The van der Waals surface area contributed by atoms with E-state index in [-0.39, 0.29) is 23.1 Å². The van der Waals surface area contributed by atoms with E-state index in [4.69, 9.17) is 0 Å². The van der Waals surface area contributed by atoms with Crippen LogP contribution in [0.1, 0.15) is 30.6 Å². The third-order valence-corrected chi connectivity index (χ3v) is 5.87. The summed E-state index contributed by atoms with van der Waals surface area (Å²) < 4.78 is 23.5. The Morgan fingerprint density at radius 2 is 1.86 bits per heavy atom. The zero-order valence-corrected chi connectivity index (χ0v) is 13.4. The highest BCUT2D eigenvalue weighted by atomic mass is 32.2. The van der Waals surface area contributed by atoms with E-state index < -0.39 is 21.2 Å². The molecule has 0 unspecified atom stereocenters. The number of rotatable bonds is 4. The molecule has 7 heteroatoms. The van der Waals surface area contributed by atoms with E-state index in [1.54, 1.807) is 13.8 Å². The highest BCUT2D eigenvalue weighted by molar-refractivity contribution is 7.91. The van der Waals surface area contributed by atoms with Crippen molar-refractivity contribution in [3.05, 3.63) is 29.8 Å². The van der Waals surface area contributed by atoms with Crippen LogP contribution in [0.5, 0.6) is 0 Å². The fourth-order valence-corrected chi connectivity index (χ4v) is 3.35. The maximum atomic E-state index is 12.4. The number of likely N-dealkylation sites (tertiary alicyclic amines) is 1. The molecule has 0 radical (unpaired) electrons. The number of carboxylic acids is 1. The van der Waals surface area contributed by atoms with E-state index in [1.165, 1.54) is 29.2 Å². The molecule has 1 aromatic carbocycles. The first-order valence-electron chi connectivity index (χ1n) is 7.05. The van der Waals surface area contributed by atoms with Crippen LogP contribution in [0, 0.1) is 5.41 Å². The predicted octanol–water partition coefficient (Wildman–Crippen LogP) is 1.42. The molecule has 1 saturated heterocycles. The minimum Gasteiger partial charge on any atom is -0.481 e. The molecule has 1 heterocycles. The number of amides is 1. The molecule has 1 N–H and O–H groups in total. The maximum Gasteiger partial charge on any atom is 0.311 e. The van der Waals surface area contributed by atoms with Crippen molar-refractivity contribution in [2.75, 3.05) is 18.8 Å². The highest BCUT2D eigenvalue weighted by Gasteiger charge is 2.42. The van der Waals surface area contributed by atoms with Crippen molar-refractivity contribution < 1.29 is 23.1 Å². The van der Waals surface area contributed by atoms with Crippen LogP contribution in [-0.4, -0.2) is 49.1 Å². The molecule has 1 atom stereocenters. The van der Waals surface area contributed by atoms with Gasteiger partial charge in [0.05, 0.1) is 16.1 Å². The molecular weight excluding hydrogens is 306 g/mol. The maximum absolute atomic E-state index is 12.4. The van der Waals surface area contributed by atoms with Gasteiger partial charge in [-0.15, -0.1) is 0 Å². The van der Waals surface area contributed by atoms with Crippen molar-refractivity contribution in [1.82, 2.24) is 4.90 Å². The minimum absolute atomic E-state index is 0.00336. The first kappa shape index (κ1) is 16.5.